The molecule has 19 heavy (non-hydrogen) atoms. The Morgan fingerprint density at radius 2 is 2.11 bits per heavy atom. The molecule has 4 nitrogen and oxygen atoms in total. The van der Waals surface area contributed by atoms with Gasteiger partial charge in [0.15, 0.2) is 0 Å². The van der Waals surface area contributed by atoms with E-state index >= 15 is 0 Å². The van der Waals surface area contributed by atoms with E-state index in [4.69, 9.17) is 11.6 Å². The van der Waals surface area contributed by atoms with Crippen LogP contribution in [0, 0.1) is 17.0 Å². The number of nitro groups is 1. The van der Waals surface area contributed by atoms with Gasteiger partial charge in [-0.1, -0.05) is 23.7 Å². The van der Waals surface area contributed by atoms with Crippen LogP contribution in [0.1, 0.15) is 23.4 Å². The number of nitro benzene ring substituents is 1. The summed E-state index contributed by atoms with van der Waals surface area (Å²) in [7, 11) is 0. The van der Waals surface area contributed by atoms with Gasteiger partial charge in [-0.05, 0) is 32.0 Å². The van der Waals surface area contributed by atoms with Crippen molar-refractivity contribution < 1.29 is 4.92 Å². The molecule has 2 rings (SSSR count). The van der Waals surface area contributed by atoms with E-state index in [-0.39, 0.29) is 16.7 Å². The number of hydrogen-bond acceptors (Lipinski definition) is 4. The highest BCUT2D eigenvalue weighted by Gasteiger charge is 2.19. The molecule has 0 aliphatic rings. The van der Waals surface area contributed by atoms with Crippen molar-refractivity contribution in [2.45, 2.75) is 19.9 Å². The smallest absolute Gasteiger partial charge is 0.295 e. The molecule has 0 saturated heterocycles. The van der Waals surface area contributed by atoms with Gasteiger partial charge in [0.05, 0.1) is 15.3 Å². The Balaban J connectivity index is 2.28. The summed E-state index contributed by atoms with van der Waals surface area (Å²) in [5.74, 6) is 0. The monoisotopic (exact) mass is 296 g/mol. The summed E-state index contributed by atoms with van der Waals surface area (Å²) >= 11 is 7.36. The first kappa shape index (κ1) is 13.8. The summed E-state index contributed by atoms with van der Waals surface area (Å²) in [4.78, 5) is 11.8. The summed E-state index contributed by atoms with van der Waals surface area (Å²) in [6.07, 6.45) is 0. The molecule has 1 N–H and O–H groups in total. The summed E-state index contributed by atoms with van der Waals surface area (Å²) in [6, 6.07) is 8.97. The third kappa shape index (κ3) is 3.05. The van der Waals surface area contributed by atoms with Gasteiger partial charge in [0.1, 0.15) is 5.69 Å². The number of hydrogen-bond donors (Lipinski definition) is 1. The quantitative estimate of drug-likeness (QED) is 0.652. The van der Waals surface area contributed by atoms with Crippen molar-refractivity contribution in [2.24, 2.45) is 0 Å². The molecular weight excluding hydrogens is 284 g/mol. The number of rotatable bonds is 4. The minimum absolute atomic E-state index is 0.0296. The van der Waals surface area contributed by atoms with Crippen molar-refractivity contribution >= 4 is 34.3 Å². The first-order valence-corrected chi connectivity index (χ1v) is 6.94. The Bertz CT molecular complexity index is 612. The number of aryl methyl sites for hydroxylation is 1. The van der Waals surface area contributed by atoms with Crippen LogP contribution in [-0.4, -0.2) is 4.92 Å². The van der Waals surface area contributed by atoms with Crippen LogP contribution in [0.3, 0.4) is 0 Å². The summed E-state index contributed by atoms with van der Waals surface area (Å²) in [5, 5.41) is 14.3. The highest BCUT2D eigenvalue weighted by molar-refractivity contribution is 7.16. The van der Waals surface area contributed by atoms with Crippen LogP contribution in [0.4, 0.5) is 11.4 Å². The maximum absolute atomic E-state index is 11.1. The Morgan fingerprint density at radius 3 is 2.68 bits per heavy atom. The van der Waals surface area contributed by atoms with E-state index in [2.05, 4.69) is 5.32 Å². The Morgan fingerprint density at radius 1 is 1.37 bits per heavy atom. The maximum Gasteiger partial charge on any atom is 0.295 e. The van der Waals surface area contributed by atoms with Gasteiger partial charge >= 0.3 is 0 Å². The Labute approximate surface area is 120 Å². The lowest BCUT2D eigenvalue weighted by Crippen LogP contribution is -2.07. The zero-order valence-corrected chi connectivity index (χ0v) is 12.1. The minimum Gasteiger partial charge on any atom is -0.372 e. The fourth-order valence-corrected chi connectivity index (χ4v) is 2.95. The highest BCUT2D eigenvalue weighted by Crippen LogP contribution is 2.33. The lowest BCUT2D eigenvalue weighted by molar-refractivity contribution is -0.384. The number of para-hydroxylation sites is 1. The maximum atomic E-state index is 11.1. The molecule has 1 aromatic carbocycles. The molecule has 1 unspecified atom stereocenters. The molecule has 6 heteroatoms. The molecule has 1 aromatic heterocycles. The molecule has 0 amide bonds. The van der Waals surface area contributed by atoms with E-state index in [1.807, 2.05) is 19.1 Å². The SMILES string of the molecule is Cc1cccc(NC(C)c2ccc(Cl)s2)c1[N+](=O)[O-]. The van der Waals surface area contributed by atoms with Crippen LogP contribution >= 0.6 is 22.9 Å². The predicted octanol–water partition coefficient (Wildman–Crippen LogP) is 4.79. The largest absolute Gasteiger partial charge is 0.372 e. The standard InChI is InChI=1S/C13H13ClN2O2S/c1-8-4-3-5-10(13(8)16(17)18)15-9(2)11-6-7-12(14)19-11/h3-7,9,15H,1-2H3. The van der Waals surface area contributed by atoms with Gasteiger partial charge in [0, 0.05) is 10.4 Å². The number of halogens is 1. The zero-order chi connectivity index (χ0) is 14.0. The average Bonchev–Trinajstić information content (AvgIpc) is 2.75. The van der Waals surface area contributed by atoms with Crippen LogP contribution < -0.4 is 5.32 Å². The third-order valence-corrected chi connectivity index (χ3v) is 4.23. The second kappa shape index (κ2) is 5.59. The lowest BCUT2D eigenvalue weighted by Gasteiger charge is -2.14. The molecule has 0 radical (unpaired) electrons. The van der Waals surface area contributed by atoms with Crippen LogP contribution in [0.2, 0.25) is 4.34 Å². The first-order chi connectivity index (χ1) is 8.99. The molecule has 0 saturated carbocycles. The molecule has 100 valence electrons. The number of nitrogens with zero attached hydrogens (tertiary/aromatic N) is 1. The summed E-state index contributed by atoms with van der Waals surface area (Å²) in [6.45, 7) is 3.68. The molecular formula is C13H13ClN2O2S. The summed E-state index contributed by atoms with van der Waals surface area (Å²) < 4.78 is 0.711. The van der Waals surface area contributed by atoms with E-state index in [0.717, 1.165) is 4.88 Å². The van der Waals surface area contributed by atoms with Gasteiger partial charge in [-0.2, -0.15) is 0 Å². The van der Waals surface area contributed by atoms with Crippen molar-refractivity contribution in [3.63, 3.8) is 0 Å². The molecule has 0 spiro atoms. The molecule has 2 aromatic rings. The number of benzene rings is 1. The zero-order valence-electron chi connectivity index (χ0n) is 10.5. The Kier molecular flexibility index (Phi) is 4.07. The van der Waals surface area contributed by atoms with Gasteiger partial charge in [-0.25, -0.2) is 0 Å². The van der Waals surface area contributed by atoms with Crippen molar-refractivity contribution in [1.82, 2.24) is 0 Å². The van der Waals surface area contributed by atoms with E-state index in [0.29, 0.717) is 15.6 Å². The Hall–Kier alpha value is -1.59. The fourth-order valence-electron chi connectivity index (χ4n) is 1.88. The van der Waals surface area contributed by atoms with E-state index < -0.39 is 0 Å². The van der Waals surface area contributed by atoms with Gasteiger partial charge in [-0.15, -0.1) is 11.3 Å². The van der Waals surface area contributed by atoms with Crippen LogP contribution in [0.15, 0.2) is 30.3 Å². The second-order valence-corrected chi connectivity index (χ2v) is 5.98. The molecule has 0 fully saturated rings. The minimum atomic E-state index is -0.355. The van der Waals surface area contributed by atoms with Crippen molar-refractivity contribution in [3.8, 4) is 0 Å². The normalized spacial score (nSPS) is 12.2. The van der Waals surface area contributed by atoms with Crippen molar-refractivity contribution in [2.75, 3.05) is 5.32 Å². The molecule has 0 aliphatic carbocycles. The lowest BCUT2D eigenvalue weighted by atomic mass is 10.1. The van der Waals surface area contributed by atoms with Crippen LogP contribution in [0.5, 0.6) is 0 Å². The second-order valence-electron chi connectivity index (χ2n) is 4.24. The topological polar surface area (TPSA) is 55.2 Å². The first-order valence-electron chi connectivity index (χ1n) is 5.75. The van der Waals surface area contributed by atoms with Crippen LogP contribution in [0.25, 0.3) is 0 Å². The van der Waals surface area contributed by atoms with E-state index in [1.54, 1.807) is 25.1 Å². The fraction of sp³-hybridized carbons (Fsp3) is 0.231. The van der Waals surface area contributed by atoms with Crippen molar-refractivity contribution in [3.05, 3.63) is 55.2 Å². The predicted molar refractivity (Wildman–Crippen MR) is 79.2 cm³/mol. The van der Waals surface area contributed by atoms with Gasteiger partial charge in [-0.3, -0.25) is 10.1 Å². The average molecular weight is 297 g/mol. The highest BCUT2D eigenvalue weighted by atomic mass is 35.5. The number of anilines is 1. The van der Waals surface area contributed by atoms with E-state index in [1.165, 1.54) is 11.3 Å². The summed E-state index contributed by atoms with van der Waals surface area (Å²) in [5.41, 5.74) is 1.30. The van der Waals surface area contributed by atoms with Crippen molar-refractivity contribution in [1.29, 1.82) is 0 Å². The molecule has 0 aliphatic heterocycles. The van der Waals surface area contributed by atoms with E-state index in [9.17, 15) is 10.1 Å². The molecule has 1 heterocycles. The van der Waals surface area contributed by atoms with Crippen LogP contribution in [-0.2, 0) is 0 Å². The third-order valence-electron chi connectivity index (χ3n) is 2.81. The number of nitrogens with one attached hydrogen (secondary N) is 1. The number of thiophene rings is 1. The molecule has 1 atom stereocenters. The molecule has 0 bridgehead atoms. The van der Waals surface area contributed by atoms with Gasteiger partial charge in [0.2, 0.25) is 0 Å². The van der Waals surface area contributed by atoms with Gasteiger partial charge < -0.3 is 5.32 Å². The van der Waals surface area contributed by atoms with Gasteiger partial charge in [0.25, 0.3) is 5.69 Å².